The van der Waals surface area contributed by atoms with Crippen LogP contribution in [0.4, 0.5) is 19.0 Å². The molecule has 0 fully saturated rings. The number of nitrogen functional groups attached to an aromatic ring is 1. The molecule has 6 nitrogen and oxygen atoms in total. The first-order chi connectivity index (χ1) is 11.2. The number of aliphatic carboxylic acids is 1. The lowest BCUT2D eigenvalue weighted by Crippen LogP contribution is -2.21. The summed E-state index contributed by atoms with van der Waals surface area (Å²) in [5.74, 6) is -0.662. The molecule has 3 aromatic heterocycles. The summed E-state index contributed by atoms with van der Waals surface area (Å²) < 4.78 is 38.0. The SMILES string of the molecule is Cc1csc2c(N)nc(Cc3ccco3)nc12.O=C(O)C(F)(F)F. The number of thiophene rings is 1. The van der Waals surface area contributed by atoms with Crippen molar-refractivity contribution in [2.45, 2.75) is 19.5 Å². The summed E-state index contributed by atoms with van der Waals surface area (Å²) in [4.78, 5) is 17.7. The topological polar surface area (TPSA) is 102 Å². The van der Waals surface area contributed by atoms with Crippen LogP contribution in [0.5, 0.6) is 0 Å². The van der Waals surface area contributed by atoms with Crippen molar-refractivity contribution in [2.24, 2.45) is 0 Å². The zero-order chi connectivity index (χ0) is 17.9. The molecule has 0 aromatic carbocycles. The van der Waals surface area contributed by atoms with Gasteiger partial charge < -0.3 is 15.3 Å². The predicted octanol–water partition coefficient (Wildman–Crippen LogP) is 3.40. The number of hydrogen-bond donors (Lipinski definition) is 2. The monoisotopic (exact) mass is 359 g/mol. The molecule has 0 radical (unpaired) electrons. The van der Waals surface area contributed by atoms with E-state index in [2.05, 4.69) is 9.97 Å². The highest BCUT2D eigenvalue weighted by atomic mass is 32.1. The van der Waals surface area contributed by atoms with Crippen molar-refractivity contribution in [1.29, 1.82) is 0 Å². The van der Waals surface area contributed by atoms with Crippen LogP contribution in [0.15, 0.2) is 28.2 Å². The molecule has 0 bridgehead atoms. The van der Waals surface area contributed by atoms with E-state index in [0.29, 0.717) is 18.1 Å². The predicted molar refractivity (Wildman–Crippen MR) is 81.8 cm³/mol. The van der Waals surface area contributed by atoms with E-state index in [1.807, 2.05) is 24.4 Å². The average molecular weight is 359 g/mol. The highest BCUT2D eigenvalue weighted by molar-refractivity contribution is 7.17. The van der Waals surface area contributed by atoms with Gasteiger partial charge in [-0.25, -0.2) is 14.8 Å². The van der Waals surface area contributed by atoms with E-state index in [0.717, 1.165) is 21.5 Å². The molecule has 0 atom stereocenters. The molecule has 3 aromatic rings. The van der Waals surface area contributed by atoms with Gasteiger partial charge in [-0.05, 0) is 30.0 Å². The number of aromatic nitrogens is 2. The van der Waals surface area contributed by atoms with E-state index in [-0.39, 0.29) is 0 Å². The van der Waals surface area contributed by atoms with Gasteiger partial charge in [0, 0.05) is 0 Å². The fourth-order valence-electron chi connectivity index (χ4n) is 1.75. The summed E-state index contributed by atoms with van der Waals surface area (Å²) in [6.07, 6.45) is -2.87. The lowest BCUT2D eigenvalue weighted by Gasteiger charge is -2.01. The molecule has 24 heavy (non-hydrogen) atoms. The third-order valence-corrected chi connectivity index (χ3v) is 3.93. The van der Waals surface area contributed by atoms with Crippen LogP contribution >= 0.6 is 11.3 Å². The number of carbonyl (C=O) groups is 1. The number of carboxylic acid groups (broad SMARTS) is 1. The maximum absolute atomic E-state index is 10.6. The molecule has 0 aliphatic rings. The van der Waals surface area contributed by atoms with Gasteiger partial charge in [0.2, 0.25) is 0 Å². The molecule has 10 heteroatoms. The normalized spacial score (nSPS) is 11.2. The van der Waals surface area contributed by atoms with Crippen LogP contribution in [-0.4, -0.2) is 27.2 Å². The Morgan fingerprint density at radius 1 is 1.42 bits per heavy atom. The maximum Gasteiger partial charge on any atom is 0.490 e. The number of anilines is 1. The summed E-state index contributed by atoms with van der Waals surface area (Å²) in [6.45, 7) is 2.03. The van der Waals surface area contributed by atoms with Gasteiger partial charge in [0.15, 0.2) is 0 Å². The van der Waals surface area contributed by atoms with Gasteiger partial charge >= 0.3 is 12.1 Å². The minimum absolute atomic E-state index is 0.551. The Bertz CT molecular complexity index is 844. The molecule has 0 saturated heterocycles. The number of halogens is 3. The summed E-state index contributed by atoms with van der Waals surface area (Å²) in [5, 5.41) is 9.17. The van der Waals surface area contributed by atoms with Gasteiger partial charge in [-0.15, -0.1) is 11.3 Å². The molecule has 0 amide bonds. The molecule has 3 rings (SSSR count). The van der Waals surface area contributed by atoms with E-state index in [4.69, 9.17) is 20.1 Å². The number of aryl methyl sites for hydroxylation is 1. The first-order valence-corrected chi connectivity index (χ1v) is 7.39. The van der Waals surface area contributed by atoms with Gasteiger partial charge in [-0.2, -0.15) is 13.2 Å². The fraction of sp³-hybridized carbons (Fsp3) is 0.214. The van der Waals surface area contributed by atoms with Crippen LogP contribution in [0.25, 0.3) is 10.2 Å². The quantitative estimate of drug-likeness (QED) is 0.727. The Morgan fingerprint density at radius 3 is 2.62 bits per heavy atom. The second-order valence-corrected chi connectivity index (χ2v) is 5.56. The van der Waals surface area contributed by atoms with Crippen LogP contribution in [0, 0.1) is 6.92 Å². The Morgan fingerprint density at radius 2 is 2.08 bits per heavy atom. The molecule has 3 N–H and O–H groups in total. The van der Waals surface area contributed by atoms with Crippen molar-refractivity contribution in [3.63, 3.8) is 0 Å². The zero-order valence-corrected chi connectivity index (χ0v) is 13.1. The van der Waals surface area contributed by atoms with E-state index < -0.39 is 12.1 Å². The van der Waals surface area contributed by atoms with Gasteiger partial charge in [-0.3, -0.25) is 0 Å². The maximum atomic E-state index is 10.6. The summed E-state index contributed by atoms with van der Waals surface area (Å²) >= 11 is 1.58. The number of hydrogen-bond acceptors (Lipinski definition) is 6. The molecular formula is C14H12F3N3O3S. The van der Waals surface area contributed by atoms with Crippen molar-refractivity contribution in [2.75, 3.05) is 5.73 Å². The Hall–Kier alpha value is -2.62. The number of nitrogens with two attached hydrogens (primary N) is 1. The first kappa shape index (κ1) is 17.7. The Balaban J connectivity index is 0.000000256. The van der Waals surface area contributed by atoms with Crippen LogP contribution in [0.3, 0.4) is 0 Å². The highest BCUT2D eigenvalue weighted by Gasteiger charge is 2.38. The van der Waals surface area contributed by atoms with Crippen LogP contribution in [0.2, 0.25) is 0 Å². The lowest BCUT2D eigenvalue weighted by molar-refractivity contribution is -0.192. The third-order valence-electron chi connectivity index (χ3n) is 2.82. The van der Waals surface area contributed by atoms with Gasteiger partial charge in [0.25, 0.3) is 0 Å². The summed E-state index contributed by atoms with van der Waals surface area (Å²) in [6, 6.07) is 3.76. The van der Waals surface area contributed by atoms with E-state index in [1.165, 1.54) is 0 Å². The molecule has 0 saturated carbocycles. The molecule has 0 spiro atoms. The zero-order valence-electron chi connectivity index (χ0n) is 12.3. The van der Waals surface area contributed by atoms with Crippen LogP contribution < -0.4 is 5.73 Å². The number of nitrogens with zero attached hydrogens (tertiary/aromatic N) is 2. The smallest absolute Gasteiger partial charge is 0.475 e. The number of fused-ring (bicyclic) bond motifs is 1. The lowest BCUT2D eigenvalue weighted by atomic mass is 10.2. The third kappa shape index (κ3) is 4.22. The second-order valence-electron chi connectivity index (χ2n) is 4.68. The van der Waals surface area contributed by atoms with Crippen molar-refractivity contribution in [3.05, 3.63) is 40.9 Å². The number of carboxylic acids is 1. The number of furan rings is 1. The number of rotatable bonds is 2. The van der Waals surface area contributed by atoms with Gasteiger partial charge in [-0.1, -0.05) is 0 Å². The fourth-order valence-corrected chi connectivity index (χ4v) is 2.64. The summed E-state index contributed by atoms with van der Waals surface area (Å²) in [7, 11) is 0. The Kier molecular flexibility index (Phi) is 5.07. The number of alkyl halides is 3. The molecule has 0 unspecified atom stereocenters. The van der Waals surface area contributed by atoms with E-state index in [9.17, 15) is 13.2 Å². The van der Waals surface area contributed by atoms with E-state index >= 15 is 0 Å². The molecule has 3 heterocycles. The molecule has 0 aliphatic heterocycles. The minimum Gasteiger partial charge on any atom is -0.475 e. The molecule has 0 aliphatic carbocycles. The molecular weight excluding hydrogens is 347 g/mol. The van der Waals surface area contributed by atoms with Gasteiger partial charge in [0.05, 0.1) is 22.9 Å². The highest BCUT2D eigenvalue weighted by Crippen LogP contribution is 2.28. The second kappa shape index (κ2) is 6.87. The standard InChI is InChI=1S/C12H11N3OS.C2HF3O2/c1-7-6-17-11-10(7)14-9(15-12(11)13)5-8-3-2-4-16-8;3-2(4,5)1(6)7/h2-4,6H,5H2,1H3,(H2,13,14,15);(H,6,7). The summed E-state index contributed by atoms with van der Waals surface area (Å²) in [5.41, 5.74) is 8.01. The Labute approximate surface area is 137 Å². The van der Waals surface area contributed by atoms with Crippen molar-refractivity contribution < 1.29 is 27.5 Å². The van der Waals surface area contributed by atoms with Crippen molar-refractivity contribution in [3.8, 4) is 0 Å². The molecule has 128 valence electrons. The van der Waals surface area contributed by atoms with Gasteiger partial charge in [0.1, 0.15) is 17.4 Å². The minimum atomic E-state index is -5.08. The van der Waals surface area contributed by atoms with Crippen LogP contribution in [-0.2, 0) is 11.2 Å². The first-order valence-electron chi connectivity index (χ1n) is 6.51. The van der Waals surface area contributed by atoms with E-state index in [1.54, 1.807) is 17.6 Å². The average Bonchev–Trinajstić information content (AvgIpc) is 3.10. The van der Waals surface area contributed by atoms with Crippen molar-refractivity contribution >= 4 is 33.3 Å². The van der Waals surface area contributed by atoms with Crippen LogP contribution in [0.1, 0.15) is 17.1 Å². The largest absolute Gasteiger partial charge is 0.490 e. The van der Waals surface area contributed by atoms with Crippen molar-refractivity contribution in [1.82, 2.24) is 9.97 Å².